The number of rotatable bonds is 11. The first-order valence-electron chi connectivity index (χ1n) is 14.8. The van der Waals surface area contributed by atoms with E-state index in [1.165, 1.54) is 24.4 Å². The number of carbonyl (C=O) groups is 3. The minimum Gasteiger partial charge on any atom is -0.494 e. The van der Waals surface area contributed by atoms with Crippen LogP contribution in [0.5, 0.6) is 5.75 Å². The third-order valence-electron chi connectivity index (χ3n) is 8.13. The van der Waals surface area contributed by atoms with Gasteiger partial charge in [0.2, 0.25) is 0 Å². The van der Waals surface area contributed by atoms with Crippen molar-refractivity contribution in [1.29, 1.82) is 0 Å². The molecule has 1 fully saturated rings. The lowest BCUT2D eigenvalue weighted by molar-refractivity contribution is -0.127. The number of aromatic nitrogens is 4. The van der Waals surface area contributed by atoms with Gasteiger partial charge in [-0.1, -0.05) is 32.0 Å². The van der Waals surface area contributed by atoms with Crippen molar-refractivity contribution in [2.45, 2.75) is 13.8 Å². The maximum Gasteiger partial charge on any atom is 0.295 e. The SMILES string of the molecule is CCN(CC)CCN(C)c1cnc(-c2ncc(OC)c3c(C(=O)C(=O)N4CCN(C(=O)c5ccccc5)CC4)c[nH]c23)cn1. The molecule has 0 radical (unpaired) electrons. The fourth-order valence-corrected chi connectivity index (χ4v) is 5.37. The topological polar surface area (TPSA) is 128 Å². The van der Waals surface area contributed by atoms with Gasteiger partial charge in [0.15, 0.2) is 0 Å². The predicted molar refractivity (Wildman–Crippen MR) is 168 cm³/mol. The quantitative estimate of drug-likeness (QED) is 0.205. The number of pyridine rings is 1. The molecule has 1 aliphatic rings. The van der Waals surface area contributed by atoms with Crippen LogP contribution in [0.15, 0.2) is 55.1 Å². The molecular formula is C32H38N8O4. The molecule has 5 rings (SSSR count). The zero-order valence-electron chi connectivity index (χ0n) is 25.6. The van der Waals surface area contributed by atoms with Crippen molar-refractivity contribution in [3.05, 3.63) is 66.2 Å². The second-order valence-corrected chi connectivity index (χ2v) is 10.6. The molecule has 0 aliphatic carbocycles. The van der Waals surface area contributed by atoms with E-state index in [1.54, 1.807) is 29.4 Å². The first kappa shape index (κ1) is 30.6. The van der Waals surface area contributed by atoms with Gasteiger partial charge in [0.25, 0.3) is 17.6 Å². The van der Waals surface area contributed by atoms with Gasteiger partial charge < -0.3 is 29.3 Å². The molecule has 0 atom stereocenters. The number of methoxy groups -OCH3 is 1. The summed E-state index contributed by atoms with van der Waals surface area (Å²) in [7, 11) is 3.47. The van der Waals surface area contributed by atoms with E-state index in [-0.39, 0.29) is 24.6 Å². The highest BCUT2D eigenvalue weighted by Crippen LogP contribution is 2.34. The Morgan fingerprint density at radius 3 is 2.25 bits per heavy atom. The predicted octanol–water partition coefficient (Wildman–Crippen LogP) is 2.97. The summed E-state index contributed by atoms with van der Waals surface area (Å²) in [5.41, 5.74) is 2.32. The van der Waals surface area contributed by atoms with E-state index < -0.39 is 11.7 Å². The number of benzene rings is 1. The highest BCUT2D eigenvalue weighted by molar-refractivity contribution is 6.45. The Balaban J connectivity index is 1.32. The number of likely N-dealkylation sites (N-methyl/N-ethyl adjacent to an activating group) is 2. The molecule has 1 aliphatic heterocycles. The van der Waals surface area contributed by atoms with Crippen LogP contribution < -0.4 is 9.64 Å². The van der Waals surface area contributed by atoms with Gasteiger partial charge in [-0.3, -0.25) is 14.4 Å². The number of ketones is 1. The fourth-order valence-electron chi connectivity index (χ4n) is 5.37. The Morgan fingerprint density at radius 2 is 1.61 bits per heavy atom. The molecule has 1 N–H and O–H groups in total. The van der Waals surface area contributed by atoms with E-state index in [9.17, 15) is 14.4 Å². The van der Waals surface area contributed by atoms with Crippen molar-refractivity contribution in [3.8, 4) is 17.1 Å². The highest BCUT2D eigenvalue weighted by atomic mass is 16.5. The van der Waals surface area contributed by atoms with Gasteiger partial charge in [0, 0.05) is 58.1 Å². The fraction of sp³-hybridized carbons (Fsp3) is 0.375. The van der Waals surface area contributed by atoms with E-state index >= 15 is 0 Å². The van der Waals surface area contributed by atoms with E-state index in [1.807, 2.05) is 25.2 Å². The molecule has 12 heteroatoms. The van der Waals surface area contributed by atoms with Gasteiger partial charge in [-0.15, -0.1) is 0 Å². The average molecular weight is 599 g/mol. The van der Waals surface area contributed by atoms with Crippen LogP contribution in [0.4, 0.5) is 5.82 Å². The highest BCUT2D eigenvalue weighted by Gasteiger charge is 2.31. The van der Waals surface area contributed by atoms with Gasteiger partial charge >= 0.3 is 0 Å². The number of piperazine rings is 1. The van der Waals surface area contributed by atoms with Crippen LogP contribution >= 0.6 is 0 Å². The van der Waals surface area contributed by atoms with E-state index in [0.717, 1.165) is 32.0 Å². The number of aromatic amines is 1. The van der Waals surface area contributed by atoms with Crippen LogP contribution in [0.1, 0.15) is 34.6 Å². The number of nitrogens with zero attached hydrogens (tertiary/aromatic N) is 7. The molecule has 3 aromatic heterocycles. The first-order chi connectivity index (χ1) is 21.4. The summed E-state index contributed by atoms with van der Waals surface area (Å²) in [6, 6.07) is 9.03. The maximum atomic E-state index is 13.5. The largest absolute Gasteiger partial charge is 0.494 e. The van der Waals surface area contributed by atoms with Gasteiger partial charge in [-0.2, -0.15) is 0 Å². The molecule has 0 saturated carbocycles. The van der Waals surface area contributed by atoms with Crippen molar-refractivity contribution < 1.29 is 19.1 Å². The number of fused-ring (bicyclic) bond motifs is 1. The number of hydrogen-bond acceptors (Lipinski definition) is 9. The zero-order valence-corrected chi connectivity index (χ0v) is 25.6. The van der Waals surface area contributed by atoms with Crippen LogP contribution in [0.2, 0.25) is 0 Å². The van der Waals surface area contributed by atoms with Crippen LogP contribution in [0.3, 0.4) is 0 Å². The molecular weight excluding hydrogens is 560 g/mol. The molecule has 4 aromatic rings. The number of nitrogens with one attached hydrogen (secondary N) is 1. The number of Topliss-reactive ketones (excluding diaryl/α,β-unsaturated/α-hetero) is 1. The first-order valence-corrected chi connectivity index (χ1v) is 14.8. The Morgan fingerprint density at radius 1 is 0.909 bits per heavy atom. The van der Waals surface area contributed by atoms with E-state index in [0.29, 0.717) is 46.7 Å². The van der Waals surface area contributed by atoms with Crippen LogP contribution in [-0.4, -0.2) is 119 Å². The van der Waals surface area contributed by atoms with Crippen LogP contribution in [0, 0.1) is 0 Å². The van der Waals surface area contributed by atoms with Crippen molar-refractivity contribution in [3.63, 3.8) is 0 Å². The molecule has 4 heterocycles. The number of hydrogen-bond donors (Lipinski definition) is 1. The second kappa shape index (κ2) is 13.6. The minimum absolute atomic E-state index is 0.0900. The van der Waals surface area contributed by atoms with Crippen LogP contribution in [-0.2, 0) is 4.79 Å². The average Bonchev–Trinajstić information content (AvgIpc) is 3.53. The maximum absolute atomic E-state index is 13.5. The zero-order chi connectivity index (χ0) is 31.2. The minimum atomic E-state index is -0.661. The molecule has 1 saturated heterocycles. The summed E-state index contributed by atoms with van der Waals surface area (Å²) in [4.78, 5) is 64.2. The Bertz CT molecular complexity index is 1610. The lowest BCUT2D eigenvalue weighted by atomic mass is 10.1. The number of anilines is 1. The Kier molecular flexibility index (Phi) is 9.49. The van der Waals surface area contributed by atoms with E-state index in [4.69, 9.17) is 4.74 Å². The molecule has 0 bridgehead atoms. The van der Waals surface area contributed by atoms with E-state index in [2.05, 4.69) is 43.6 Å². The summed E-state index contributed by atoms with van der Waals surface area (Å²) in [5.74, 6) is -0.280. The molecule has 12 nitrogen and oxygen atoms in total. The van der Waals surface area contributed by atoms with Gasteiger partial charge in [0.05, 0.1) is 42.2 Å². The number of ether oxygens (including phenoxy) is 1. The molecule has 44 heavy (non-hydrogen) atoms. The second-order valence-electron chi connectivity index (χ2n) is 10.6. The summed E-state index contributed by atoms with van der Waals surface area (Å²) < 4.78 is 5.54. The van der Waals surface area contributed by atoms with Gasteiger partial charge in [0.1, 0.15) is 23.0 Å². The van der Waals surface area contributed by atoms with Crippen molar-refractivity contribution in [2.24, 2.45) is 0 Å². The third kappa shape index (κ3) is 6.25. The van der Waals surface area contributed by atoms with Gasteiger partial charge in [-0.25, -0.2) is 15.0 Å². The Hall–Kier alpha value is -4.84. The number of amides is 2. The van der Waals surface area contributed by atoms with Crippen LogP contribution in [0.25, 0.3) is 22.3 Å². The van der Waals surface area contributed by atoms with Crippen molar-refractivity contribution in [2.75, 3.05) is 71.4 Å². The molecule has 0 unspecified atom stereocenters. The van der Waals surface area contributed by atoms with Crippen molar-refractivity contribution >= 4 is 34.3 Å². The molecule has 0 spiro atoms. The monoisotopic (exact) mass is 598 g/mol. The van der Waals surface area contributed by atoms with Crippen molar-refractivity contribution in [1.82, 2.24) is 34.6 Å². The third-order valence-corrected chi connectivity index (χ3v) is 8.13. The summed E-state index contributed by atoms with van der Waals surface area (Å²) in [6.07, 6.45) is 6.39. The van der Waals surface area contributed by atoms with Gasteiger partial charge in [-0.05, 0) is 25.2 Å². The molecule has 2 amide bonds. The summed E-state index contributed by atoms with van der Waals surface area (Å²) >= 11 is 0. The lowest BCUT2D eigenvalue weighted by Crippen LogP contribution is -2.52. The standard InChI is InChI=1S/C32H38N8O4/c1-5-38(6-2)13-12-37(3)26-21-33-24(19-34-26)28-29-27(25(44-4)20-36-28)23(18-35-29)30(41)32(43)40-16-14-39(15-17-40)31(42)22-10-8-7-9-11-22/h7-11,18-21,35H,5-6,12-17H2,1-4H3. The molecule has 1 aromatic carbocycles. The summed E-state index contributed by atoms with van der Waals surface area (Å²) in [5, 5.41) is 0.455. The Labute approximate surface area is 256 Å². The number of carbonyl (C=O) groups excluding carboxylic acids is 3. The molecule has 230 valence electrons. The normalized spacial score (nSPS) is 13.4. The smallest absolute Gasteiger partial charge is 0.295 e. The lowest BCUT2D eigenvalue weighted by Gasteiger charge is -2.34. The summed E-state index contributed by atoms with van der Waals surface area (Å²) in [6.45, 7) is 9.24. The number of H-pyrrole nitrogens is 1.